The number of nitrogens with zero attached hydrogens (tertiary/aromatic N) is 3. The molecule has 8 nitrogen and oxygen atoms in total. The lowest BCUT2D eigenvalue weighted by atomic mass is 10.3. The fourth-order valence-electron chi connectivity index (χ4n) is 1.87. The molecule has 0 fully saturated rings. The smallest absolute Gasteiger partial charge is 0.404 e. The lowest BCUT2D eigenvalue weighted by molar-refractivity contribution is -0.390. The van der Waals surface area contributed by atoms with Crippen molar-refractivity contribution in [2.75, 3.05) is 12.4 Å². The molecule has 1 N–H and O–H groups in total. The van der Waals surface area contributed by atoms with E-state index in [2.05, 4.69) is 26.3 Å². The zero-order valence-corrected chi connectivity index (χ0v) is 14.5. The maximum Gasteiger partial charge on any atom is 0.404 e. The van der Waals surface area contributed by atoms with Crippen LogP contribution in [0.5, 0.6) is 5.75 Å². The number of methoxy groups -OCH3 is 1. The summed E-state index contributed by atoms with van der Waals surface area (Å²) in [5, 5.41) is 17.8. The van der Waals surface area contributed by atoms with Crippen LogP contribution >= 0.6 is 27.5 Å². The van der Waals surface area contributed by atoms with Gasteiger partial charge in [-0.3, -0.25) is 4.79 Å². The predicted octanol–water partition coefficient (Wildman–Crippen LogP) is 3.16. The van der Waals surface area contributed by atoms with Gasteiger partial charge in [0.15, 0.2) is 0 Å². The van der Waals surface area contributed by atoms with Gasteiger partial charge in [0.25, 0.3) is 0 Å². The van der Waals surface area contributed by atoms with Crippen molar-refractivity contribution in [2.45, 2.75) is 13.5 Å². The van der Waals surface area contributed by atoms with Crippen molar-refractivity contribution in [3.63, 3.8) is 0 Å². The van der Waals surface area contributed by atoms with E-state index in [0.29, 0.717) is 22.2 Å². The molecule has 0 radical (unpaired) electrons. The van der Waals surface area contributed by atoms with Crippen LogP contribution in [0.4, 0.5) is 11.5 Å². The maximum absolute atomic E-state index is 12.1. The van der Waals surface area contributed by atoms with E-state index in [1.165, 1.54) is 11.8 Å². The summed E-state index contributed by atoms with van der Waals surface area (Å²) in [4.78, 5) is 22.4. The lowest BCUT2D eigenvalue weighted by Gasteiger charge is -2.10. The summed E-state index contributed by atoms with van der Waals surface area (Å²) < 4.78 is 6.64. The van der Waals surface area contributed by atoms with Crippen LogP contribution in [0, 0.1) is 17.0 Å². The zero-order valence-electron chi connectivity index (χ0n) is 12.2. The number of carbonyl (C=O) groups is 1. The molecule has 0 aliphatic heterocycles. The number of aromatic nitrogens is 2. The number of hydrogen-bond acceptors (Lipinski definition) is 5. The molecule has 0 unspecified atom stereocenters. The minimum atomic E-state index is -0.617. The summed E-state index contributed by atoms with van der Waals surface area (Å²) in [6, 6.07) is 4.78. The Labute approximate surface area is 144 Å². The number of halogens is 2. The summed E-state index contributed by atoms with van der Waals surface area (Å²) in [6.45, 7) is 1.45. The molecule has 0 saturated heterocycles. The number of hydrogen-bond donors (Lipinski definition) is 1. The SMILES string of the molecule is COc1cc(Cl)ccc1NC(=O)Cn1nc([N+](=O)[O-])c(Br)c1C. The summed E-state index contributed by atoms with van der Waals surface area (Å²) in [5.41, 5.74) is 0.926. The number of nitrogens with one attached hydrogen (secondary N) is 1. The van der Waals surface area contributed by atoms with E-state index in [4.69, 9.17) is 16.3 Å². The van der Waals surface area contributed by atoms with Crippen molar-refractivity contribution in [1.82, 2.24) is 9.78 Å². The van der Waals surface area contributed by atoms with E-state index in [-0.39, 0.29) is 16.8 Å². The predicted molar refractivity (Wildman–Crippen MR) is 88.0 cm³/mol. The first-order valence-corrected chi connectivity index (χ1v) is 7.51. The molecule has 1 aromatic carbocycles. The molecule has 0 spiro atoms. The normalized spacial score (nSPS) is 10.4. The number of nitro groups is 1. The molecule has 0 saturated carbocycles. The Hall–Kier alpha value is -2.13. The van der Waals surface area contributed by atoms with E-state index in [1.54, 1.807) is 25.1 Å². The average Bonchev–Trinajstić information content (AvgIpc) is 2.77. The van der Waals surface area contributed by atoms with Crippen LogP contribution < -0.4 is 10.1 Å². The Morgan fingerprint density at radius 2 is 2.26 bits per heavy atom. The largest absolute Gasteiger partial charge is 0.495 e. The second-order valence-corrected chi connectivity index (χ2v) is 5.76. The van der Waals surface area contributed by atoms with Gasteiger partial charge in [0, 0.05) is 11.1 Å². The van der Waals surface area contributed by atoms with Gasteiger partial charge in [-0.05, 0) is 39.9 Å². The highest BCUT2D eigenvalue weighted by Gasteiger charge is 2.24. The molecule has 122 valence electrons. The third kappa shape index (κ3) is 3.80. The zero-order chi connectivity index (χ0) is 17.1. The van der Waals surface area contributed by atoms with E-state index >= 15 is 0 Å². The van der Waals surface area contributed by atoms with Gasteiger partial charge in [-0.1, -0.05) is 11.6 Å². The Morgan fingerprint density at radius 3 is 2.83 bits per heavy atom. The standard InChI is InChI=1S/C13H12BrClN4O4/c1-7-12(14)13(19(21)22)17-18(7)6-11(20)16-9-4-3-8(15)5-10(9)23-2/h3-5H,6H2,1-2H3,(H,16,20). The van der Waals surface area contributed by atoms with Crippen molar-refractivity contribution in [3.8, 4) is 5.75 Å². The van der Waals surface area contributed by atoms with Crippen LogP contribution in [0.1, 0.15) is 5.69 Å². The van der Waals surface area contributed by atoms with Gasteiger partial charge in [0.2, 0.25) is 5.91 Å². The molecule has 1 amide bonds. The highest BCUT2D eigenvalue weighted by molar-refractivity contribution is 9.10. The summed E-state index contributed by atoms with van der Waals surface area (Å²) in [7, 11) is 1.46. The second-order valence-electron chi connectivity index (χ2n) is 4.53. The maximum atomic E-state index is 12.1. The number of amides is 1. The van der Waals surface area contributed by atoms with Crippen molar-refractivity contribution in [3.05, 3.63) is 43.5 Å². The van der Waals surface area contributed by atoms with Crippen LogP contribution in [-0.2, 0) is 11.3 Å². The van der Waals surface area contributed by atoms with Crippen molar-refractivity contribution in [1.29, 1.82) is 0 Å². The van der Waals surface area contributed by atoms with Gasteiger partial charge >= 0.3 is 5.82 Å². The topological polar surface area (TPSA) is 99.3 Å². The minimum absolute atomic E-state index is 0.177. The van der Waals surface area contributed by atoms with Gasteiger partial charge in [-0.15, -0.1) is 0 Å². The summed E-state index contributed by atoms with van der Waals surface area (Å²) >= 11 is 8.95. The summed E-state index contributed by atoms with van der Waals surface area (Å²) in [6.07, 6.45) is 0. The number of rotatable bonds is 5. The Kier molecular flexibility index (Phi) is 5.22. The van der Waals surface area contributed by atoms with Crippen LogP contribution in [0.25, 0.3) is 0 Å². The average molecular weight is 404 g/mol. The fourth-order valence-corrected chi connectivity index (χ4v) is 2.46. The van der Waals surface area contributed by atoms with Crippen LogP contribution in [0.2, 0.25) is 5.02 Å². The number of anilines is 1. The number of benzene rings is 1. The number of ether oxygens (including phenoxy) is 1. The Balaban J connectivity index is 2.18. The molecule has 2 aromatic rings. The molecule has 0 aliphatic rings. The Bertz CT molecular complexity index is 778. The third-order valence-electron chi connectivity index (χ3n) is 3.02. The van der Waals surface area contributed by atoms with E-state index in [0.717, 1.165) is 0 Å². The van der Waals surface area contributed by atoms with E-state index in [1.807, 2.05) is 0 Å². The summed E-state index contributed by atoms with van der Waals surface area (Å²) in [5.74, 6) is -0.326. The highest BCUT2D eigenvalue weighted by Crippen LogP contribution is 2.29. The minimum Gasteiger partial charge on any atom is -0.495 e. The van der Waals surface area contributed by atoms with Crippen LogP contribution in [0.15, 0.2) is 22.7 Å². The third-order valence-corrected chi connectivity index (χ3v) is 4.18. The van der Waals surface area contributed by atoms with Crippen LogP contribution in [-0.4, -0.2) is 27.7 Å². The van der Waals surface area contributed by atoms with Gasteiger partial charge < -0.3 is 20.2 Å². The second kappa shape index (κ2) is 6.97. The quantitative estimate of drug-likeness (QED) is 0.610. The Morgan fingerprint density at radius 1 is 1.57 bits per heavy atom. The highest BCUT2D eigenvalue weighted by atomic mass is 79.9. The number of carbonyl (C=O) groups excluding carboxylic acids is 1. The molecular weight excluding hydrogens is 392 g/mol. The van der Waals surface area contributed by atoms with Gasteiger partial charge in [0.1, 0.15) is 16.8 Å². The monoisotopic (exact) mass is 402 g/mol. The molecule has 10 heteroatoms. The van der Waals surface area contributed by atoms with Crippen molar-refractivity contribution < 1.29 is 14.5 Å². The molecular formula is C13H12BrClN4O4. The van der Waals surface area contributed by atoms with Crippen molar-refractivity contribution in [2.24, 2.45) is 0 Å². The molecule has 1 aromatic heterocycles. The fraction of sp³-hybridized carbons (Fsp3) is 0.231. The molecule has 1 heterocycles. The van der Waals surface area contributed by atoms with Crippen molar-refractivity contribution >= 4 is 44.9 Å². The molecule has 2 rings (SSSR count). The first kappa shape index (κ1) is 17.2. The van der Waals surface area contributed by atoms with Gasteiger partial charge in [0.05, 0.1) is 23.6 Å². The van der Waals surface area contributed by atoms with E-state index in [9.17, 15) is 14.9 Å². The molecule has 23 heavy (non-hydrogen) atoms. The van der Waals surface area contributed by atoms with Crippen LogP contribution in [0.3, 0.4) is 0 Å². The van der Waals surface area contributed by atoms with E-state index < -0.39 is 10.8 Å². The first-order valence-electron chi connectivity index (χ1n) is 6.34. The lowest BCUT2D eigenvalue weighted by Crippen LogP contribution is -2.20. The molecule has 0 bridgehead atoms. The van der Waals surface area contributed by atoms with Gasteiger partial charge in [-0.25, -0.2) is 0 Å². The van der Waals surface area contributed by atoms with Gasteiger partial charge in [-0.2, -0.15) is 4.68 Å². The molecule has 0 aliphatic carbocycles. The molecule has 0 atom stereocenters. The first-order chi connectivity index (χ1) is 10.8.